The summed E-state index contributed by atoms with van der Waals surface area (Å²) in [6, 6.07) is 0. The molecule has 0 saturated heterocycles. The number of anilines is 1. The Balaban J connectivity index is 2.99. The molecule has 54 valence electrons. The maximum Gasteiger partial charge on any atom is 0.249 e. The van der Waals surface area contributed by atoms with Gasteiger partial charge in [0.1, 0.15) is 0 Å². The summed E-state index contributed by atoms with van der Waals surface area (Å²) in [6.07, 6.45) is 1.49. The quantitative estimate of drug-likeness (QED) is 0.578. The standard InChI is InChI=1S/C7H9NO2/c1-2-3-4-5(8)7(10)6(4)9/h2-3,8H2,1H3. The minimum Gasteiger partial charge on any atom is -0.395 e. The zero-order chi connectivity index (χ0) is 7.72. The molecule has 0 aromatic heterocycles. The van der Waals surface area contributed by atoms with Crippen molar-refractivity contribution < 1.29 is 0 Å². The minimum atomic E-state index is -0.511. The van der Waals surface area contributed by atoms with Gasteiger partial charge in [0.2, 0.25) is 10.9 Å². The molecule has 0 spiro atoms. The molecule has 0 amide bonds. The van der Waals surface area contributed by atoms with E-state index in [4.69, 9.17) is 5.73 Å². The van der Waals surface area contributed by atoms with Crippen LogP contribution in [0.3, 0.4) is 0 Å². The van der Waals surface area contributed by atoms with Crippen molar-refractivity contribution >= 4 is 5.69 Å². The summed E-state index contributed by atoms with van der Waals surface area (Å²) in [5, 5.41) is 0. The molecule has 3 nitrogen and oxygen atoms in total. The van der Waals surface area contributed by atoms with Crippen LogP contribution >= 0.6 is 0 Å². The monoisotopic (exact) mass is 139 g/mol. The van der Waals surface area contributed by atoms with Gasteiger partial charge in [-0.25, -0.2) is 0 Å². The van der Waals surface area contributed by atoms with E-state index < -0.39 is 5.43 Å². The molecule has 3 heteroatoms. The third kappa shape index (κ3) is 0.744. The second-order valence-corrected chi connectivity index (χ2v) is 2.30. The molecule has 0 radical (unpaired) electrons. The first-order valence-electron chi connectivity index (χ1n) is 3.26. The lowest BCUT2D eigenvalue weighted by Crippen LogP contribution is -2.38. The molecule has 0 unspecified atom stereocenters. The van der Waals surface area contributed by atoms with Crippen LogP contribution in [0.1, 0.15) is 18.9 Å². The zero-order valence-corrected chi connectivity index (χ0v) is 5.81. The average Bonchev–Trinajstić information content (AvgIpc) is 1.98. The Bertz CT molecular complexity index is 307. The van der Waals surface area contributed by atoms with Crippen molar-refractivity contribution in [3.63, 3.8) is 0 Å². The van der Waals surface area contributed by atoms with E-state index in [1.807, 2.05) is 6.92 Å². The second-order valence-electron chi connectivity index (χ2n) is 2.30. The Kier molecular flexibility index (Phi) is 1.57. The van der Waals surface area contributed by atoms with E-state index in [-0.39, 0.29) is 11.1 Å². The predicted octanol–water partition coefficient (Wildman–Crippen LogP) is -0.183. The van der Waals surface area contributed by atoms with Gasteiger partial charge >= 0.3 is 0 Å². The van der Waals surface area contributed by atoms with Crippen molar-refractivity contribution in [2.45, 2.75) is 19.8 Å². The molecule has 0 bridgehead atoms. The largest absolute Gasteiger partial charge is 0.395 e. The first-order valence-corrected chi connectivity index (χ1v) is 3.26. The van der Waals surface area contributed by atoms with Crippen LogP contribution in [0, 0.1) is 0 Å². The highest BCUT2D eigenvalue weighted by Gasteiger charge is 2.15. The van der Waals surface area contributed by atoms with Crippen LogP contribution in [0.4, 0.5) is 5.69 Å². The molecule has 1 rings (SSSR count). The molecular weight excluding hydrogens is 130 g/mol. The van der Waals surface area contributed by atoms with Gasteiger partial charge in [0.05, 0.1) is 5.69 Å². The molecule has 1 aromatic rings. The van der Waals surface area contributed by atoms with Gasteiger partial charge in [0, 0.05) is 5.56 Å². The van der Waals surface area contributed by atoms with Crippen molar-refractivity contribution in [1.82, 2.24) is 0 Å². The summed E-state index contributed by atoms with van der Waals surface area (Å²) in [6.45, 7) is 1.94. The number of nitrogens with two attached hydrogens (primary N) is 1. The van der Waals surface area contributed by atoms with Crippen LogP contribution in [0.15, 0.2) is 9.59 Å². The number of rotatable bonds is 2. The van der Waals surface area contributed by atoms with Crippen molar-refractivity contribution in [3.05, 3.63) is 26.0 Å². The van der Waals surface area contributed by atoms with Gasteiger partial charge < -0.3 is 5.73 Å². The van der Waals surface area contributed by atoms with E-state index in [0.717, 1.165) is 6.42 Å². The number of hydrogen-bond donors (Lipinski definition) is 1. The molecule has 0 saturated carbocycles. The molecule has 0 aliphatic carbocycles. The summed E-state index contributed by atoms with van der Waals surface area (Å²) in [5.41, 5.74) is 5.05. The summed E-state index contributed by atoms with van der Waals surface area (Å²) in [5.74, 6) is 0. The van der Waals surface area contributed by atoms with E-state index in [1.54, 1.807) is 0 Å². The molecule has 2 N–H and O–H groups in total. The molecule has 0 atom stereocenters. The molecule has 0 heterocycles. The Hall–Kier alpha value is -1.12. The maximum atomic E-state index is 10.7. The summed E-state index contributed by atoms with van der Waals surface area (Å²) in [4.78, 5) is 21.2. The zero-order valence-electron chi connectivity index (χ0n) is 5.81. The normalized spacial score (nSPS) is 10.5. The van der Waals surface area contributed by atoms with Gasteiger partial charge in [0.15, 0.2) is 0 Å². The summed E-state index contributed by atoms with van der Waals surface area (Å²) >= 11 is 0. The van der Waals surface area contributed by atoms with Crippen LogP contribution in [0.25, 0.3) is 0 Å². The first kappa shape index (κ1) is 6.99. The SMILES string of the molecule is CCCc1c(N)c(=O)c1=O. The Morgan fingerprint density at radius 1 is 1.30 bits per heavy atom. The van der Waals surface area contributed by atoms with Gasteiger partial charge in [-0.05, 0) is 6.42 Å². The molecule has 1 aromatic carbocycles. The third-order valence-electron chi connectivity index (χ3n) is 1.55. The predicted molar refractivity (Wildman–Crippen MR) is 39.8 cm³/mol. The fourth-order valence-corrected chi connectivity index (χ4v) is 0.954. The highest BCUT2D eigenvalue weighted by Crippen LogP contribution is 2.03. The first-order chi connectivity index (χ1) is 4.68. The molecule has 0 fully saturated rings. The lowest BCUT2D eigenvalue weighted by Gasteiger charge is -2.02. The molecule has 10 heavy (non-hydrogen) atoms. The van der Waals surface area contributed by atoms with Crippen molar-refractivity contribution in [1.29, 1.82) is 0 Å². The van der Waals surface area contributed by atoms with Gasteiger partial charge in [-0.15, -0.1) is 0 Å². The molecule has 0 aliphatic rings. The van der Waals surface area contributed by atoms with E-state index in [9.17, 15) is 9.59 Å². The van der Waals surface area contributed by atoms with Crippen LogP contribution in [-0.4, -0.2) is 0 Å². The van der Waals surface area contributed by atoms with E-state index in [0.29, 0.717) is 12.0 Å². The summed E-state index contributed by atoms with van der Waals surface area (Å²) in [7, 11) is 0. The van der Waals surface area contributed by atoms with E-state index in [2.05, 4.69) is 0 Å². The number of hydrogen-bond acceptors (Lipinski definition) is 3. The van der Waals surface area contributed by atoms with Crippen molar-refractivity contribution in [3.8, 4) is 0 Å². The fraction of sp³-hybridized carbons (Fsp3) is 0.429. The third-order valence-corrected chi connectivity index (χ3v) is 1.55. The fourth-order valence-electron chi connectivity index (χ4n) is 0.954. The van der Waals surface area contributed by atoms with E-state index in [1.165, 1.54) is 0 Å². The topological polar surface area (TPSA) is 60.2 Å². The van der Waals surface area contributed by atoms with Gasteiger partial charge in [-0.2, -0.15) is 0 Å². The van der Waals surface area contributed by atoms with Crippen molar-refractivity contribution in [2.75, 3.05) is 5.73 Å². The van der Waals surface area contributed by atoms with Gasteiger partial charge in [0.25, 0.3) is 0 Å². The molecule has 0 aliphatic heterocycles. The number of nitrogen functional groups attached to an aromatic ring is 1. The lowest BCUT2D eigenvalue weighted by molar-refractivity contribution is 0.903. The minimum absolute atomic E-state index is 0.173. The highest BCUT2D eigenvalue weighted by atomic mass is 16.2. The average molecular weight is 139 g/mol. The Morgan fingerprint density at radius 2 is 1.90 bits per heavy atom. The Labute approximate surface area is 58.2 Å². The molecular formula is C7H9NO2. The van der Waals surface area contributed by atoms with Crippen LogP contribution in [0.2, 0.25) is 0 Å². The smallest absolute Gasteiger partial charge is 0.249 e. The van der Waals surface area contributed by atoms with Gasteiger partial charge in [-0.1, -0.05) is 13.3 Å². The van der Waals surface area contributed by atoms with E-state index >= 15 is 0 Å². The van der Waals surface area contributed by atoms with Crippen LogP contribution in [-0.2, 0) is 6.42 Å². The van der Waals surface area contributed by atoms with Crippen molar-refractivity contribution in [2.24, 2.45) is 0 Å². The summed E-state index contributed by atoms with van der Waals surface area (Å²) < 4.78 is 0. The second kappa shape index (κ2) is 2.25. The maximum absolute atomic E-state index is 10.7. The lowest BCUT2D eigenvalue weighted by atomic mass is 10.0. The van der Waals surface area contributed by atoms with Crippen LogP contribution < -0.4 is 16.6 Å². The Morgan fingerprint density at radius 3 is 2.30 bits per heavy atom. The highest BCUT2D eigenvalue weighted by molar-refractivity contribution is 5.52. The van der Waals surface area contributed by atoms with Gasteiger partial charge in [-0.3, -0.25) is 9.59 Å². The van der Waals surface area contributed by atoms with Crippen LogP contribution in [0.5, 0.6) is 0 Å².